The van der Waals surface area contributed by atoms with E-state index in [1.165, 1.54) is 25.1 Å². The number of nitro groups is 1. The van der Waals surface area contributed by atoms with Gasteiger partial charge in [-0.3, -0.25) is 10.1 Å². The fourth-order valence-corrected chi connectivity index (χ4v) is 1.29. The Balaban J connectivity index is 3.02. The van der Waals surface area contributed by atoms with Gasteiger partial charge in [0.15, 0.2) is 0 Å². The first-order chi connectivity index (χ1) is 8.06. The highest BCUT2D eigenvalue weighted by Gasteiger charge is 2.14. The molecule has 0 bridgehead atoms. The largest absolute Gasteiger partial charge is 0.481 e. The minimum absolute atomic E-state index is 0.0742. The van der Waals surface area contributed by atoms with E-state index in [0.717, 1.165) is 0 Å². The smallest absolute Gasteiger partial charge is 0.270 e. The van der Waals surface area contributed by atoms with Crippen LogP contribution in [-0.4, -0.2) is 16.6 Å². The lowest BCUT2D eigenvalue weighted by atomic mass is 10.1. The van der Waals surface area contributed by atoms with Crippen molar-refractivity contribution in [3.8, 4) is 17.6 Å². The molecule has 0 aromatic heterocycles. The van der Waals surface area contributed by atoms with Crippen LogP contribution in [0, 0.1) is 22.0 Å². The first kappa shape index (κ1) is 13.0. The Morgan fingerprint density at radius 1 is 1.59 bits per heavy atom. The molecule has 17 heavy (non-hydrogen) atoms. The van der Waals surface area contributed by atoms with Crippen molar-refractivity contribution in [1.82, 2.24) is 0 Å². The highest BCUT2D eigenvalue weighted by atomic mass is 16.6. The third-order valence-electron chi connectivity index (χ3n) is 2.13. The molecule has 0 aliphatic heterocycles. The van der Waals surface area contributed by atoms with Crippen LogP contribution in [0.25, 0.3) is 0 Å². The first-order valence-electron chi connectivity index (χ1n) is 5.05. The molecular weight excluding hydrogens is 222 g/mol. The summed E-state index contributed by atoms with van der Waals surface area (Å²) in [6.45, 7) is 3.40. The van der Waals surface area contributed by atoms with Gasteiger partial charge in [0.1, 0.15) is 12.4 Å². The van der Waals surface area contributed by atoms with Crippen molar-refractivity contribution in [2.24, 2.45) is 0 Å². The van der Waals surface area contributed by atoms with Gasteiger partial charge in [0.2, 0.25) is 0 Å². The van der Waals surface area contributed by atoms with Crippen LogP contribution >= 0.6 is 0 Å². The standard InChI is InChI=1S/C12H13NO4/c1-3-4-7-17-12-6-5-10(13(15)16)8-11(12)9(2)14/h5-6,8-9,14H,7H2,1-2H3/t9-/m0/s1. The van der Waals surface area contributed by atoms with Crippen molar-refractivity contribution >= 4 is 5.69 Å². The number of ether oxygens (including phenoxy) is 1. The zero-order valence-corrected chi connectivity index (χ0v) is 9.64. The quantitative estimate of drug-likeness (QED) is 0.492. The van der Waals surface area contributed by atoms with Crippen molar-refractivity contribution in [2.45, 2.75) is 20.0 Å². The molecule has 0 amide bonds. The molecule has 5 heteroatoms. The van der Waals surface area contributed by atoms with Gasteiger partial charge in [-0.15, -0.1) is 5.92 Å². The second-order valence-corrected chi connectivity index (χ2v) is 3.37. The van der Waals surface area contributed by atoms with Gasteiger partial charge in [0.25, 0.3) is 5.69 Å². The molecule has 0 fully saturated rings. The predicted molar refractivity (Wildman–Crippen MR) is 62.7 cm³/mol. The van der Waals surface area contributed by atoms with Gasteiger partial charge < -0.3 is 9.84 Å². The minimum Gasteiger partial charge on any atom is -0.481 e. The van der Waals surface area contributed by atoms with Gasteiger partial charge in [-0.25, -0.2) is 0 Å². The minimum atomic E-state index is -0.834. The van der Waals surface area contributed by atoms with E-state index in [9.17, 15) is 15.2 Å². The molecule has 1 aromatic carbocycles. The Bertz CT molecular complexity index is 471. The van der Waals surface area contributed by atoms with Crippen LogP contribution in [0.15, 0.2) is 18.2 Å². The number of hydrogen-bond donors (Lipinski definition) is 1. The summed E-state index contributed by atoms with van der Waals surface area (Å²) in [6, 6.07) is 4.11. The van der Waals surface area contributed by atoms with Crippen LogP contribution in [0.4, 0.5) is 5.69 Å². The molecule has 1 N–H and O–H groups in total. The number of rotatable bonds is 4. The maximum atomic E-state index is 10.6. The van der Waals surface area contributed by atoms with Crippen molar-refractivity contribution in [3.05, 3.63) is 33.9 Å². The molecule has 0 aliphatic rings. The zero-order chi connectivity index (χ0) is 12.8. The summed E-state index contributed by atoms with van der Waals surface area (Å²) in [5.41, 5.74) is 0.312. The Kier molecular flexibility index (Phi) is 4.49. The van der Waals surface area contributed by atoms with Crippen LogP contribution in [0.3, 0.4) is 0 Å². The third kappa shape index (κ3) is 3.47. The number of aliphatic hydroxyl groups is 1. The normalized spacial score (nSPS) is 11.2. The zero-order valence-electron chi connectivity index (χ0n) is 9.64. The topological polar surface area (TPSA) is 72.6 Å². The third-order valence-corrected chi connectivity index (χ3v) is 2.13. The van der Waals surface area contributed by atoms with Crippen LogP contribution in [0.1, 0.15) is 25.5 Å². The van der Waals surface area contributed by atoms with E-state index >= 15 is 0 Å². The molecule has 0 unspecified atom stereocenters. The maximum Gasteiger partial charge on any atom is 0.270 e. The van der Waals surface area contributed by atoms with Crippen molar-refractivity contribution in [1.29, 1.82) is 0 Å². The number of nitrogens with zero attached hydrogens (tertiary/aromatic N) is 1. The summed E-state index contributed by atoms with van der Waals surface area (Å²) >= 11 is 0. The highest BCUT2D eigenvalue weighted by Crippen LogP contribution is 2.29. The van der Waals surface area contributed by atoms with Gasteiger partial charge in [0, 0.05) is 17.7 Å². The maximum absolute atomic E-state index is 10.6. The monoisotopic (exact) mass is 235 g/mol. The summed E-state index contributed by atoms with van der Waals surface area (Å²) in [4.78, 5) is 10.1. The second kappa shape index (κ2) is 5.87. The van der Waals surface area contributed by atoms with Crippen molar-refractivity contribution < 1.29 is 14.8 Å². The highest BCUT2D eigenvalue weighted by molar-refractivity contribution is 5.44. The molecule has 90 valence electrons. The fourth-order valence-electron chi connectivity index (χ4n) is 1.29. The van der Waals surface area contributed by atoms with E-state index in [-0.39, 0.29) is 12.3 Å². The molecule has 0 saturated carbocycles. The number of nitro benzene ring substituents is 1. The molecule has 1 rings (SSSR count). The van der Waals surface area contributed by atoms with Gasteiger partial charge in [-0.2, -0.15) is 0 Å². The van der Waals surface area contributed by atoms with Crippen LogP contribution in [-0.2, 0) is 0 Å². The van der Waals surface area contributed by atoms with E-state index in [1.54, 1.807) is 6.92 Å². The average molecular weight is 235 g/mol. The summed E-state index contributed by atoms with van der Waals surface area (Å²) < 4.78 is 5.32. The number of hydrogen-bond acceptors (Lipinski definition) is 4. The van der Waals surface area contributed by atoms with Gasteiger partial charge >= 0.3 is 0 Å². The molecule has 1 atom stereocenters. The Labute approximate surface area is 99.2 Å². The van der Waals surface area contributed by atoms with E-state index < -0.39 is 11.0 Å². The van der Waals surface area contributed by atoms with E-state index in [1.807, 2.05) is 0 Å². The number of benzene rings is 1. The van der Waals surface area contributed by atoms with Crippen molar-refractivity contribution in [3.63, 3.8) is 0 Å². The molecule has 1 aromatic rings. The molecule has 0 aliphatic carbocycles. The lowest BCUT2D eigenvalue weighted by Gasteiger charge is -2.11. The number of non-ortho nitro benzene ring substituents is 1. The Hall–Kier alpha value is -2.06. The lowest BCUT2D eigenvalue weighted by molar-refractivity contribution is -0.385. The van der Waals surface area contributed by atoms with E-state index in [2.05, 4.69) is 11.8 Å². The predicted octanol–water partition coefficient (Wildman–Crippen LogP) is 2.05. The summed E-state index contributed by atoms with van der Waals surface area (Å²) in [6.07, 6.45) is -0.834. The second-order valence-electron chi connectivity index (χ2n) is 3.37. The van der Waals surface area contributed by atoms with Crippen LogP contribution in [0.2, 0.25) is 0 Å². The molecule has 0 heterocycles. The van der Waals surface area contributed by atoms with Crippen LogP contribution in [0.5, 0.6) is 5.75 Å². The summed E-state index contributed by atoms with van der Waals surface area (Å²) in [5, 5.41) is 20.1. The lowest BCUT2D eigenvalue weighted by Crippen LogP contribution is -2.02. The Morgan fingerprint density at radius 3 is 2.82 bits per heavy atom. The Morgan fingerprint density at radius 2 is 2.29 bits per heavy atom. The van der Waals surface area contributed by atoms with Crippen LogP contribution < -0.4 is 4.74 Å². The number of aliphatic hydroxyl groups excluding tert-OH is 1. The van der Waals surface area contributed by atoms with Gasteiger partial charge in [-0.1, -0.05) is 5.92 Å². The van der Waals surface area contributed by atoms with Gasteiger partial charge in [-0.05, 0) is 19.9 Å². The molecular formula is C12H13NO4. The summed E-state index contributed by atoms with van der Waals surface area (Å²) in [7, 11) is 0. The van der Waals surface area contributed by atoms with E-state index in [4.69, 9.17) is 4.74 Å². The average Bonchev–Trinajstić information content (AvgIpc) is 2.29. The molecule has 0 radical (unpaired) electrons. The SMILES string of the molecule is CC#CCOc1ccc([N+](=O)[O-])cc1[C@H](C)O. The molecule has 0 saturated heterocycles. The molecule has 5 nitrogen and oxygen atoms in total. The fraction of sp³-hybridized carbons (Fsp3) is 0.333. The first-order valence-corrected chi connectivity index (χ1v) is 5.05. The summed E-state index contributed by atoms with van der Waals surface area (Å²) in [5.74, 6) is 5.79. The van der Waals surface area contributed by atoms with E-state index in [0.29, 0.717) is 11.3 Å². The van der Waals surface area contributed by atoms with Gasteiger partial charge in [0.05, 0.1) is 11.0 Å². The molecule has 0 spiro atoms. The van der Waals surface area contributed by atoms with Crippen molar-refractivity contribution in [2.75, 3.05) is 6.61 Å².